The minimum Gasteiger partial charge on any atom is -0.481 e. The molecule has 2 rings (SSSR count). The Hall–Kier alpha value is -2.31. The summed E-state index contributed by atoms with van der Waals surface area (Å²) < 4.78 is 5.67. The molecule has 7 nitrogen and oxygen atoms in total. The van der Waals surface area contributed by atoms with E-state index in [1.165, 1.54) is 0 Å². The van der Waals surface area contributed by atoms with Crippen LogP contribution in [0.2, 0.25) is 0 Å². The van der Waals surface area contributed by atoms with Crippen molar-refractivity contribution in [3.05, 3.63) is 23.9 Å². The van der Waals surface area contributed by atoms with Crippen molar-refractivity contribution in [2.75, 3.05) is 19.7 Å². The molecule has 2 unspecified atom stereocenters. The molecule has 0 bridgehead atoms. The first-order chi connectivity index (χ1) is 12.0. The fraction of sp³-hybridized carbons (Fsp3) is 0.611. The summed E-state index contributed by atoms with van der Waals surface area (Å²) in [4.78, 5) is 29.5. The number of ether oxygens (including phenoxy) is 1. The summed E-state index contributed by atoms with van der Waals surface area (Å²) in [5.41, 5.74) is 0.812. The van der Waals surface area contributed by atoms with Crippen molar-refractivity contribution in [3.63, 3.8) is 0 Å². The van der Waals surface area contributed by atoms with Crippen molar-refractivity contribution in [3.8, 4) is 5.88 Å². The molecule has 2 heterocycles. The largest absolute Gasteiger partial charge is 0.481 e. The molecule has 0 saturated carbocycles. The third kappa shape index (κ3) is 5.62. The number of hydrogen-bond donors (Lipinski definition) is 2. The molecule has 2 N–H and O–H groups in total. The molecular formula is C18H27N3O4. The molecule has 25 heavy (non-hydrogen) atoms. The van der Waals surface area contributed by atoms with E-state index >= 15 is 0 Å². The minimum absolute atomic E-state index is 0.173. The molecule has 1 aromatic rings. The van der Waals surface area contributed by atoms with Crippen LogP contribution in [-0.4, -0.2) is 46.7 Å². The molecule has 0 spiro atoms. The number of piperidine rings is 1. The van der Waals surface area contributed by atoms with E-state index in [0.29, 0.717) is 32.0 Å². The second kappa shape index (κ2) is 9.25. The molecule has 1 aliphatic rings. The summed E-state index contributed by atoms with van der Waals surface area (Å²) in [6.07, 6.45) is 4.26. The number of pyridine rings is 1. The monoisotopic (exact) mass is 349 g/mol. The third-order valence-corrected chi connectivity index (χ3v) is 4.31. The molecule has 1 aromatic heterocycles. The number of nitrogens with one attached hydrogen (secondary N) is 1. The first kappa shape index (κ1) is 19.0. The maximum Gasteiger partial charge on any atom is 0.317 e. The van der Waals surface area contributed by atoms with E-state index in [4.69, 9.17) is 4.74 Å². The van der Waals surface area contributed by atoms with Gasteiger partial charge in [0.05, 0.1) is 12.5 Å². The van der Waals surface area contributed by atoms with Crippen molar-refractivity contribution >= 4 is 12.0 Å². The number of unbranched alkanes of at least 4 members (excludes halogenated alkanes) is 1. The first-order valence-electron chi connectivity index (χ1n) is 8.83. The standard InChI is InChI=1S/C18H27N3O4/c1-3-4-8-25-16-14(6-5-7-19-16)10-20-18(24)21-11-13(2)9-15(12-21)17(22)23/h5-7,13,15H,3-4,8-12H2,1-2H3,(H,20,24)(H,22,23). The number of aliphatic carboxylic acids is 1. The van der Waals surface area contributed by atoms with Crippen molar-refractivity contribution in [1.29, 1.82) is 0 Å². The lowest BCUT2D eigenvalue weighted by atomic mass is 9.91. The summed E-state index contributed by atoms with van der Waals surface area (Å²) in [5, 5.41) is 12.1. The predicted octanol–water partition coefficient (Wildman–Crippen LogP) is 2.51. The van der Waals surface area contributed by atoms with Gasteiger partial charge in [-0.1, -0.05) is 26.3 Å². The van der Waals surface area contributed by atoms with E-state index in [9.17, 15) is 14.7 Å². The summed E-state index contributed by atoms with van der Waals surface area (Å²) in [6.45, 7) is 5.78. The lowest BCUT2D eigenvalue weighted by molar-refractivity contribution is -0.143. The maximum atomic E-state index is 12.4. The average Bonchev–Trinajstić information content (AvgIpc) is 2.60. The second-order valence-corrected chi connectivity index (χ2v) is 6.61. The molecule has 0 aromatic carbocycles. The quantitative estimate of drug-likeness (QED) is 0.738. The number of urea groups is 1. The number of rotatable bonds is 7. The van der Waals surface area contributed by atoms with Gasteiger partial charge in [0.15, 0.2) is 0 Å². The fourth-order valence-corrected chi connectivity index (χ4v) is 2.98. The summed E-state index contributed by atoms with van der Waals surface area (Å²) in [5.74, 6) is -0.636. The number of likely N-dealkylation sites (tertiary alicyclic amines) is 1. The van der Waals surface area contributed by atoms with Crippen molar-refractivity contribution < 1.29 is 19.4 Å². The highest BCUT2D eigenvalue weighted by atomic mass is 16.5. The molecule has 138 valence electrons. The molecular weight excluding hydrogens is 322 g/mol. The van der Waals surface area contributed by atoms with E-state index in [1.807, 2.05) is 13.0 Å². The Kier molecular flexibility index (Phi) is 7.03. The number of carboxylic acid groups (broad SMARTS) is 1. The van der Waals surface area contributed by atoms with Crippen LogP contribution in [0.1, 0.15) is 38.7 Å². The fourth-order valence-electron chi connectivity index (χ4n) is 2.98. The minimum atomic E-state index is -0.844. The number of hydrogen-bond acceptors (Lipinski definition) is 4. The van der Waals surface area contributed by atoms with Gasteiger partial charge in [-0.2, -0.15) is 0 Å². The van der Waals surface area contributed by atoms with Crippen LogP contribution in [0.5, 0.6) is 5.88 Å². The number of carbonyl (C=O) groups is 2. The number of aromatic nitrogens is 1. The van der Waals surface area contributed by atoms with Gasteiger partial charge >= 0.3 is 12.0 Å². The van der Waals surface area contributed by atoms with E-state index in [2.05, 4.69) is 17.2 Å². The number of amides is 2. The molecule has 1 aliphatic heterocycles. The van der Waals surface area contributed by atoms with E-state index < -0.39 is 11.9 Å². The van der Waals surface area contributed by atoms with E-state index in [0.717, 1.165) is 18.4 Å². The topological polar surface area (TPSA) is 91.8 Å². The van der Waals surface area contributed by atoms with Crippen molar-refractivity contribution in [2.45, 2.75) is 39.7 Å². The van der Waals surface area contributed by atoms with Crippen LogP contribution >= 0.6 is 0 Å². The lowest BCUT2D eigenvalue weighted by Crippen LogP contribution is -2.49. The van der Waals surface area contributed by atoms with Crippen LogP contribution in [0, 0.1) is 11.8 Å². The van der Waals surface area contributed by atoms with Gasteiger partial charge in [-0.15, -0.1) is 0 Å². The molecule has 2 amide bonds. The van der Waals surface area contributed by atoms with E-state index in [1.54, 1.807) is 17.2 Å². The zero-order valence-electron chi connectivity index (χ0n) is 14.9. The summed E-state index contributed by atoms with van der Waals surface area (Å²) >= 11 is 0. The highest BCUT2D eigenvalue weighted by Crippen LogP contribution is 2.22. The zero-order valence-corrected chi connectivity index (χ0v) is 14.9. The van der Waals surface area contributed by atoms with Gasteiger partial charge in [-0.3, -0.25) is 4.79 Å². The molecule has 2 atom stereocenters. The molecule has 1 saturated heterocycles. The van der Waals surface area contributed by atoms with Crippen LogP contribution in [0.4, 0.5) is 4.79 Å². The highest BCUT2D eigenvalue weighted by molar-refractivity contribution is 5.76. The van der Waals surface area contributed by atoms with Crippen LogP contribution in [0.25, 0.3) is 0 Å². The van der Waals surface area contributed by atoms with Gasteiger partial charge in [0, 0.05) is 31.4 Å². The Morgan fingerprint density at radius 2 is 2.24 bits per heavy atom. The molecule has 7 heteroatoms. The Balaban J connectivity index is 1.92. The maximum absolute atomic E-state index is 12.4. The van der Waals surface area contributed by atoms with Crippen LogP contribution in [0.3, 0.4) is 0 Å². The third-order valence-electron chi connectivity index (χ3n) is 4.31. The predicted molar refractivity (Wildman–Crippen MR) is 93.4 cm³/mol. The number of carbonyl (C=O) groups excluding carboxylic acids is 1. The lowest BCUT2D eigenvalue weighted by Gasteiger charge is -2.34. The van der Waals surface area contributed by atoms with Gasteiger partial charge in [0.25, 0.3) is 0 Å². The van der Waals surface area contributed by atoms with Crippen molar-refractivity contribution in [2.24, 2.45) is 11.8 Å². The van der Waals surface area contributed by atoms with Crippen LogP contribution < -0.4 is 10.1 Å². The normalized spacial score (nSPS) is 20.2. The van der Waals surface area contributed by atoms with Crippen LogP contribution in [-0.2, 0) is 11.3 Å². The van der Waals surface area contributed by atoms with E-state index in [-0.39, 0.29) is 18.5 Å². The Morgan fingerprint density at radius 3 is 2.96 bits per heavy atom. The molecule has 0 radical (unpaired) electrons. The second-order valence-electron chi connectivity index (χ2n) is 6.61. The summed E-state index contributed by atoms with van der Waals surface area (Å²) in [7, 11) is 0. The Morgan fingerprint density at radius 1 is 1.44 bits per heavy atom. The zero-order chi connectivity index (χ0) is 18.2. The van der Waals surface area contributed by atoms with Gasteiger partial charge in [-0.05, 0) is 24.8 Å². The van der Waals surface area contributed by atoms with Gasteiger partial charge < -0.3 is 20.1 Å². The smallest absolute Gasteiger partial charge is 0.317 e. The van der Waals surface area contributed by atoms with Gasteiger partial charge in [0.1, 0.15) is 0 Å². The Bertz CT molecular complexity index is 593. The highest BCUT2D eigenvalue weighted by Gasteiger charge is 2.31. The Labute approximate surface area is 148 Å². The molecule has 1 fully saturated rings. The number of carboxylic acids is 1. The van der Waals surface area contributed by atoms with Gasteiger partial charge in [-0.25, -0.2) is 9.78 Å². The average molecular weight is 349 g/mol. The molecule has 0 aliphatic carbocycles. The number of nitrogens with zero attached hydrogens (tertiary/aromatic N) is 2. The van der Waals surface area contributed by atoms with Crippen LogP contribution in [0.15, 0.2) is 18.3 Å². The first-order valence-corrected chi connectivity index (χ1v) is 8.83. The van der Waals surface area contributed by atoms with Gasteiger partial charge in [0.2, 0.25) is 5.88 Å². The summed E-state index contributed by atoms with van der Waals surface area (Å²) in [6, 6.07) is 3.42. The van der Waals surface area contributed by atoms with Crippen molar-refractivity contribution in [1.82, 2.24) is 15.2 Å². The SMILES string of the molecule is CCCCOc1ncccc1CNC(=O)N1CC(C)CC(C(=O)O)C1.